The quantitative estimate of drug-likeness (QED) is 0.170. The second-order valence-corrected chi connectivity index (χ2v) is 12.4. The zero-order chi connectivity index (χ0) is 31.1. The van der Waals surface area contributed by atoms with E-state index in [9.17, 15) is 26.4 Å². The van der Waals surface area contributed by atoms with Gasteiger partial charge in [0.2, 0.25) is 0 Å². The van der Waals surface area contributed by atoms with Crippen LogP contribution in [0.3, 0.4) is 0 Å². The van der Waals surface area contributed by atoms with E-state index < -0.39 is 33.1 Å². The molecule has 0 amide bonds. The predicted octanol–water partition coefficient (Wildman–Crippen LogP) is 5.57. The first kappa shape index (κ1) is 32.3. The van der Waals surface area contributed by atoms with Gasteiger partial charge in [0.25, 0.3) is 0 Å². The molecule has 1 saturated heterocycles. The van der Waals surface area contributed by atoms with Crippen molar-refractivity contribution >= 4 is 15.8 Å². The number of benzene rings is 3. The normalized spacial score (nSPS) is 14.5. The van der Waals surface area contributed by atoms with Crippen molar-refractivity contribution < 1.29 is 50.1 Å². The molecule has 0 N–H and O–H groups in total. The van der Waals surface area contributed by atoms with Crippen LogP contribution in [-0.2, 0) is 47.2 Å². The first-order chi connectivity index (χ1) is 20.4. The van der Waals surface area contributed by atoms with Crippen molar-refractivity contribution in [3.05, 3.63) is 83.4 Å². The molecule has 0 saturated carbocycles. The number of esters is 1. The van der Waals surface area contributed by atoms with Crippen LogP contribution >= 0.6 is 0 Å². The Morgan fingerprint density at radius 2 is 1.70 bits per heavy atom. The maximum Gasteiger partial charge on any atom is 0.417 e. The molecule has 8 nitrogen and oxygen atoms in total. The molecule has 0 atom stereocenters. The van der Waals surface area contributed by atoms with E-state index in [4.69, 9.17) is 23.7 Å². The molecule has 232 valence electrons. The Labute approximate surface area is 248 Å². The van der Waals surface area contributed by atoms with Gasteiger partial charge in [-0.2, -0.15) is 13.2 Å². The van der Waals surface area contributed by atoms with Gasteiger partial charge in [-0.15, -0.1) is 0 Å². The van der Waals surface area contributed by atoms with E-state index in [1.54, 1.807) is 43.3 Å². The van der Waals surface area contributed by atoms with E-state index in [-0.39, 0.29) is 49.9 Å². The Bertz CT molecular complexity index is 1500. The summed E-state index contributed by atoms with van der Waals surface area (Å²) in [6.07, 6.45) is -3.38. The Kier molecular flexibility index (Phi) is 10.4. The molecule has 1 aliphatic heterocycles. The third-order valence-electron chi connectivity index (χ3n) is 6.69. The van der Waals surface area contributed by atoms with Crippen LogP contribution < -0.4 is 9.47 Å². The van der Waals surface area contributed by atoms with Crippen LogP contribution in [-0.4, -0.2) is 59.4 Å². The fourth-order valence-corrected chi connectivity index (χ4v) is 5.12. The Morgan fingerprint density at radius 1 is 0.977 bits per heavy atom. The third-order valence-corrected chi connectivity index (χ3v) is 7.72. The van der Waals surface area contributed by atoms with Crippen molar-refractivity contribution in [1.82, 2.24) is 0 Å². The van der Waals surface area contributed by atoms with E-state index in [1.807, 2.05) is 12.1 Å². The molecule has 3 aromatic carbocycles. The summed E-state index contributed by atoms with van der Waals surface area (Å²) in [5, 5.41) is 0. The second-order valence-electron chi connectivity index (χ2n) is 10.1. The summed E-state index contributed by atoms with van der Waals surface area (Å²) in [5.41, 5.74) is 0.223. The van der Waals surface area contributed by atoms with Gasteiger partial charge in [-0.3, -0.25) is 0 Å². The molecule has 1 fully saturated rings. The highest BCUT2D eigenvalue weighted by Gasteiger charge is 2.42. The number of halogens is 3. The van der Waals surface area contributed by atoms with Gasteiger partial charge in [0.15, 0.2) is 0 Å². The maximum atomic E-state index is 14.0. The van der Waals surface area contributed by atoms with Crippen molar-refractivity contribution in [3.8, 4) is 22.6 Å². The number of rotatable bonds is 14. The summed E-state index contributed by atoms with van der Waals surface area (Å²) < 4.78 is 91.9. The topological polar surface area (TPSA) is 97.4 Å². The predicted molar refractivity (Wildman–Crippen MR) is 153 cm³/mol. The molecule has 1 heterocycles. The van der Waals surface area contributed by atoms with Crippen LogP contribution in [0.1, 0.15) is 30.0 Å². The average Bonchev–Trinajstić information content (AvgIpc) is 2.93. The highest BCUT2D eigenvalue weighted by atomic mass is 32.2. The number of carbonyl (C=O) groups excluding carboxylic acids is 1. The van der Waals surface area contributed by atoms with Gasteiger partial charge in [0.1, 0.15) is 40.2 Å². The molecule has 0 spiro atoms. The molecular formula is C31H33F3O8S. The standard InChI is InChI=1S/C31H33F3O8S/c1-3-39-29(35)19-42-30(20-38-21-30)24-8-10-25(11-9-24)41-18-22-6-4-7-23(16-22)27-13-12-26(17-28(27)31(32,33)34)40-14-5-15-43(2,36)37/h4,6-13,16-17H,3,5,14-15,18-21H2,1-2H3. The molecule has 12 heteroatoms. The lowest BCUT2D eigenvalue weighted by molar-refractivity contribution is -0.221. The summed E-state index contributed by atoms with van der Waals surface area (Å²) in [7, 11) is -3.19. The zero-order valence-electron chi connectivity index (χ0n) is 23.8. The Morgan fingerprint density at radius 3 is 2.33 bits per heavy atom. The number of hydrogen-bond donors (Lipinski definition) is 0. The SMILES string of the molecule is CCOC(=O)COC1(c2ccc(OCc3cccc(-c4ccc(OCCCS(C)(=O)=O)cc4C(F)(F)F)c3)cc2)COC1. The van der Waals surface area contributed by atoms with Crippen LogP contribution in [0.2, 0.25) is 0 Å². The van der Waals surface area contributed by atoms with Gasteiger partial charge >= 0.3 is 12.1 Å². The molecule has 1 aliphatic rings. The second kappa shape index (κ2) is 13.8. The minimum absolute atomic E-state index is 0.00838. The smallest absolute Gasteiger partial charge is 0.417 e. The maximum absolute atomic E-state index is 14.0. The lowest BCUT2D eigenvalue weighted by atomic mass is 9.91. The first-order valence-electron chi connectivity index (χ1n) is 13.6. The summed E-state index contributed by atoms with van der Waals surface area (Å²) in [4.78, 5) is 11.7. The lowest BCUT2D eigenvalue weighted by Gasteiger charge is -2.41. The summed E-state index contributed by atoms with van der Waals surface area (Å²) in [6.45, 7) is 2.49. The summed E-state index contributed by atoms with van der Waals surface area (Å²) in [6, 6.07) is 17.5. The van der Waals surface area contributed by atoms with Crippen molar-refractivity contribution in [2.24, 2.45) is 0 Å². The van der Waals surface area contributed by atoms with Crippen LogP contribution in [0.5, 0.6) is 11.5 Å². The third kappa shape index (κ3) is 8.94. The van der Waals surface area contributed by atoms with Crippen LogP contribution in [0.4, 0.5) is 13.2 Å². The monoisotopic (exact) mass is 622 g/mol. The summed E-state index contributed by atoms with van der Waals surface area (Å²) in [5.74, 6) is -0.0146. The van der Waals surface area contributed by atoms with Crippen molar-refractivity contribution in [2.45, 2.75) is 31.7 Å². The molecule has 0 unspecified atom stereocenters. The van der Waals surface area contributed by atoms with Gasteiger partial charge in [0, 0.05) is 6.26 Å². The highest BCUT2D eigenvalue weighted by Crippen LogP contribution is 2.40. The highest BCUT2D eigenvalue weighted by molar-refractivity contribution is 7.90. The Balaban J connectivity index is 1.42. The lowest BCUT2D eigenvalue weighted by Crippen LogP contribution is -2.49. The van der Waals surface area contributed by atoms with Crippen LogP contribution in [0.15, 0.2) is 66.7 Å². The molecule has 0 aromatic heterocycles. The van der Waals surface area contributed by atoms with Crippen molar-refractivity contribution in [1.29, 1.82) is 0 Å². The van der Waals surface area contributed by atoms with Crippen LogP contribution in [0, 0.1) is 0 Å². The van der Waals surface area contributed by atoms with E-state index in [0.717, 1.165) is 17.9 Å². The molecule has 4 rings (SSSR count). The minimum Gasteiger partial charge on any atom is -0.494 e. The zero-order valence-corrected chi connectivity index (χ0v) is 24.6. The molecule has 0 radical (unpaired) electrons. The average molecular weight is 623 g/mol. The van der Waals surface area contributed by atoms with Gasteiger partial charge in [-0.1, -0.05) is 36.4 Å². The molecule has 43 heavy (non-hydrogen) atoms. The number of hydrogen-bond acceptors (Lipinski definition) is 8. The van der Waals surface area contributed by atoms with Crippen LogP contribution in [0.25, 0.3) is 11.1 Å². The molecule has 3 aromatic rings. The largest absolute Gasteiger partial charge is 0.494 e. The van der Waals surface area contributed by atoms with Crippen molar-refractivity contribution in [3.63, 3.8) is 0 Å². The first-order valence-corrected chi connectivity index (χ1v) is 15.7. The van der Waals surface area contributed by atoms with E-state index >= 15 is 0 Å². The number of alkyl halides is 3. The molecule has 0 aliphatic carbocycles. The van der Waals surface area contributed by atoms with Gasteiger partial charge in [-0.25, -0.2) is 13.2 Å². The van der Waals surface area contributed by atoms with E-state index in [0.29, 0.717) is 30.1 Å². The van der Waals surface area contributed by atoms with Gasteiger partial charge in [0.05, 0.1) is 37.7 Å². The number of carbonyl (C=O) groups is 1. The molecule has 0 bridgehead atoms. The fraction of sp³-hybridized carbons (Fsp3) is 0.387. The Hall–Kier alpha value is -3.61. The van der Waals surface area contributed by atoms with E-state index in [1.165, 1.54) is 12.1 Å². The summed E-state index contributed by atoms with van der Waals surface area (Å²) >= 11 is 0. The fourth-order valence-electron chi connectivity index (χ4n) is 4.48. The van der Waals surface area contributed by atoms with E-state index in [2.05, 4.69) is 0 Å². The molecular weight excluding hydrogens is 589 g/mol. The van der Waals surface area contributed by atoms with Gasteiger partial charge in [-0.05, 0) is 65.9 Å². The van der Waals surface area contributed by atoms with Gasteiger partial charge < -0.3 is 23.7 Å². The number of ether oxygens (including phenoxy) is 5. The number of sulfone groups is 1. The minimum atomic E-state index is -4.64. The van der Waals surface area contributed by atoms with Crippen molar-refractivity contribution in [2.75, 3.05) is 45.0 Å².